The molecule has 0 aliphatic rings. The van der Waals surface area contributed by atoms with Crippen molar-refractivity contribution in [3.63, 3.8) is 0 Å². The van der Waals surface area contributed by atoms with Crippen molar-refractivity contribution in [2.45, 2.75) is 13.1 Å². The van der Waals surface area contributed by atoms with Crippen LogP contribution in [0, 0.1) is 5.82 Å². The van der Waals surface area contributed by atoms with Crippen molar-refractivity contribution >= 4 is 22.7 Å². The smallest absolute Gasteiger partial charge is 0.269 e. The molecule has 0 aliphatic heterocycles. The van der Waals surface area contributed by atoms with Crippen molar-refractivity contribution in [3.05, 3.63) is 106 Å². The van der Waals surface area contributed by atoms with E-state index >= 15 is 0 Å². The molecule has 0 bridgehead atoms. The highest BCUT2D eigenvalue weighted by molar-refractivity contribution is 5.95. The first-order valence-electron chi connectivity index (χ1n) is 11.1. The van der Waals surface area contributed by atoms with Crippen LogP contribution in [-0.4, -0.2) is 41.6 Å². The second-order valence-electron chi connectivity index (χ2n) is 8.05. The summed E-state index contributed by atoms with van der Waals surface area (Å²) in [5.41, 5.74) is 6.31. The van der Waals surface area contributed by atoms with Gasteiger partial charge in [-0.2, -0.15) is 4.80 Å². The van der Waals surface area contributed by atoms with Crippen molar-refractivity contribution in [1.82, 2.24) is 40.6 Å². The first-order valence-corrected chi connectivity index (χ1v) is 11.1. The van der Waals surface area contributed by atoms with Crippen molar-refractivity contribution in [3.8, 4) is 11.4 Å². The molecule has 5 rings (SSSR count). The summed E-state index contributed by atoms with van der Waals surface area (Å²) in [5.74, 6) is -1.27. The molecular weight excluding hydrogens is 479 g/mol. The van der Waals surface area contributed by atoms with Crippen LogP contribution in [0.15, 0.2) is 83.9 Å². The first-order chi connectivity index (χ1) is 18.0. The molecule has 2 heterocycles. The van der Waals surface area contributed by atoms with Crippen LogP contribution in [0.3, 0.4) is 0 Å². The SMILES string of the molecule is O=C(Cn1cnc2ccc(F)cc2c1=O)NNC(=O)c1ccc(Cn2nnc(-c3ccccc3)n2)cc1. The van der Waals surface area contributed by atoms with Gasteiger partial charge in [-0.05, 0) is 41.1 Å². The van der Waals surface area contributed by atoms with Crippen LogP contribution in [0.1, 0.15) is 15.9 Å². The Morgan fingerprint density at radius 2 is 1.73 bits per heavy atom. The molecule has 184 valence electrons. The van der Waals surface area contributed by atoms with Gasteiger partial charge in [0.25, 0.3) is 17.4 Å². The summed E-state index contributed by atoms with van der Waals surface area (Å²) < 4.78 is 14.5. The van der Waals surface area contributed by atoms with E-state index in [0.717, 1.165) is 21.8 Å². The van der Waals surface area contributed by atoms with E-state index in [4.69, 9.17) is 0 Å². The Bertz CT molecular complexity index is 1650. The van der Waals surface area contributed by atoms with Crippen molar-refractivity contribution in [1.29, 1.82) is 0 Å². The van der Waals surface area contributed by atoms with E-state index in [1.165, 1.54) is 23.3 Å². The lowest BCUT2D eigenvalue weighted by Crippen LogP contribution is -2.44. The molecule has 0 spiro atoms. The fraction of sp³-hybridized carbons (Fsp3) is 0.0800. The van der Waals surface area contributed by atoms with Gasteiger partial charge in [0, 0.05) is 11.1 Å². The number of carbonyl (C=O) groups is 2. The number of rotatable bonds is 6. The molecule has 2 N–H and O–H groups in total. The molecule has 0 saturated carbocycles. The van der Waals surface area contributed by atoms with E-state index < -0.39 is 29.7 Å². The maximum absolute atomic E-state index is 13.5. The summed E-state index contributed by atoms with van der Waals surface area (Å²) in [6, 6.07) is 19.8. The second kappa shape index (κ2) is 10.2. The Morgan fingerprint density at radius 3 is 2.51 bits per heavy atom. The van der Waals surface area contributed by atoms with Crippen LogP contribution in [0.5, 0.6) is 0 Å². The highest BCUT2D eigenvalue weighted by Gasteiger charge is 2.12. The lowest BCUT2D eigenvalue weighted by molar-refractivity contribution is -0.122. The predicted molar refractivity (Wildman–Crippen MR) is 130 cm³/mol. The third kappa shape index (κ3) is 5.37. The van der Waals surface area contributed by atoms with Crippen LogP contribution < -0.4 is 16.4 Å². The van der Waals surface area contributed by atoms with Gasteiger partial charge in [0.1, 0.15) is 12.4 Å². The second-order valence-corrected chi connectivity index (χ2v) is 8.05. The fourth-order valence-corrected chi connectivity index (χ4v) is 3.57. The van der Waals surface area contributed by atoms with E-state index in [1.54, 1.807) is 24.3 Å². The maximum atomic E-state index is 13.5. The van der Waals surface area contributed by atoms with Gasteiger partial charge in [-0.1, -0.05) is 42.5 Å². The number of nitrogens with one attached hydrogen (secondary N) is 2. The highest BCUT2D eigenvalue weighted by atomic mass is 19.1. The third-order valence-corrected chi connectivity index (χ3v) is 5.44. The van der Waals surface area contributed by atoms with E-state index in [-0.39, 0.29) is 5.39 Å². The van der Waals surface area contributed by atoms with Crippen LogP contribution >= 0.6 is 0 Å². The zero-order valence-corrected chi connectivity index (χ0v) is 19.2. The van der Waals surface area contributed by atoms with Crippen molar-refractivity contribution in [2.75, 3.05) is 0 Å². The molecule has 12 heteroatoms. The Hall–Kier alpha value is -5.26. The molecule has 37 heavy (non-hydrogen) atoms. The van der Waals surface area contributed by atoms with Gasteiger partial charge in [-0.15, -0.1) is 10.2 Å². The molecule has 3 aromatic carbocycles. The number of hydrazine groups is 1. The average molecular weight is 498 g/mol. The average Bonchev–Trinajstić information content (AvgIpc) is 3.38. The third-order valence-electron chi connectivity index (χ3n) is 5.44. The molecule has 0 atom stereocenters. The van der Waals surface area contributed by atoms with E-state index in [2.05, 4.69) is 31.2 Å². The number of fused-ring (bicyclic) bond motifs is 1. The number of nitrogens with zero attached hydrogens (tertiary/aromatic N) is 6. The minimum Gasteiger partial charge on any atom is -0.289 e. The number of aromatic nitrogens is 6. The summed E-state index contributed by atoms with van der Waals surface area (Å²) in [6.07, 6.45) is 1.19. The van der Waals surface area contributed by atoms with Gasteiger partial charge in [-0.25, -0.2) is 9.37 Å². The molecule has 11 nitrogen and oxygen atoms in total. The molecule has 0 unspecified atom stereocenters. The quantitative estimate of drug-likeness (QED) is 0.340. The molecule has 2 aromatic heterocycles. The molecule has 0 aliphatic carbocycles. The van der Waals surface area contributed by atoms with Gasteiger partial charge in [0.2, 0.25) is 5.82 Å². The van der Waals surface area contributed by atoms with Gasteiger partial charge in [0.05, 0.1) is 23.8 Å². The van der Waals surface area contributed by atoms with Gasteiger partial charge in [-0.3, -0.25) is 29.8 Å². The van der Waals surface area contributed by atoms with Crippen LogP contribution in [0.4, 0.5) is 4.39 Å². The van der Waals surface area contributed by atoms with E-state index in [1.807, 2.05) is 30.3 Å². The zero-order chi connectivity index (χ0) is 25.8. The number of hydrogen-bond donors (Lipinski definition) is 2. The predicted octanol–water partition coefficient (Wildman–Crippen LogP) is 1.70. The molecule has 5 aromatic rings. The minimum absolute atomic E-state index is 0.0526. The van der Waals surface area contributed by atoms with E-state index in [0.29, 0.717) is 23.4 Å². The molecule has 0 radical (unpaired) electrons. The summed E-state index contributed by atoms with van der Waals surface area (Å²) in [4.78, 5) is 42.7. The largest absolute Gasteiger partial charge is 0.289 e. The Labute approximate surface area is 208 Å². The topological polar surface area (TPSA) is 137 Å². The first kappa shape index (κ1) is 23.5. The van der Waals surface area contributed by atoms with Gasteiger partial charge >= 0.3 is 0 Å². The fourth-order valence-electron chi connectivity index (χ4n) is 3.57. The standard InChI is InChI=1S/C25H19FN8O3/c26-19-10-11-21-20(12-19)25(37)33(15-27-21)14-22(35)28-30-24(36)18-8-6-16(7-9-18)13-34-31-23(29-32-34)17-4-2-1-3-5-17/h1-12,15H,13-14H2,(H,28,35)(H,30,36). The van der Waals surface area contributed by atoms with Crippen LogP contribution in [-0.2, 0) is 17.9 Å². The summed E-state index contributed by atoms with van der Waals surface area (Å²) in [5, 5.41) is 12.5. The Morgan fingerprint density at radius 1 is 0.946 bits per heavy atom. The lowest BCUT2D eigenvalue weighted by atomic mass is 10.1. The van der Waals surface area contributed by atoms with Gasteiger partial charge < -0.3 is 0 Å². The Balaban J connectivity index is 1.16. The number of amides is 2. The summed E-state index contributed by atoms with van der Waals surface area (Å²) in [6.45, 7) is -0.0513. The van der Waals surface area contributed by atoms with Crippen molar-refractivity contribution in [2.24, 2.45) is 0 Å². The van der Waals surface area contributed by atoms with E-state index in [9.17, 15) is 18.8 Å². The molecule has 0 saturated heterocycles. The summed E-state index contributed by atoms with van der Waals surface area (Å²) in [7, 11) is 0. The normalized spacial score (nSPS) is 10.8. The Kier molecular flexibility index (Phi) is 6.45. The number of tetrazole rings is 1. The number of benzene rings is 3. The van der Waals surface area contributed by atoms with Gasteiger partial charge in [0.15, 0.2) is 0 Å². The number of halogens is 1. The lowest BCUT2D eigenvalue weighted by Gasteiger charge is -2.09. The number of hydrogen-bond acceptors (Lipinski definition) is 7. The molecular formula is C25H19FN8O3. The molecule has 2 amide bonds. The minimum atomic E-state index is -0.656. The molecule has 0 fully saturated rings. The zero-order valence-electron chi connectivity index (χ0n) is 19.2. The maximum Gasteiger partial charge on any atom is 0.269 e. The monoisotopic (exact) mass is 498 g/mol. The number of carbonyl (C=O) groups excluding carboxylic acids is 2. The van der Waals surface area contributed by atoms with Crippen molar-refractivity contribution < 1.29 is 14.0 Å². The van der Waals surface area contributed by atoms with Crippen LogP contribution in [0.25, 0.3) is 22.3 Å². The van der Waals surface area contributed by atoms with Crippen LogP contribution in [0.2, 0.25) is 0 Å². The summed E-state index contributed by atoms with van der Waals surface area (Å²) >= 11 is 0. The highest BCUT2D eigenvalue weighted by Crippen LogP contribution is 2.13.